The van der Waals surface area contributed by atoms with Crippen molar-refractivity contribution in [3.63, 3.8) is 0 Å². The molecule has 0 aliphatic carbocycles. The molecule has 0 fully saturated rings. The second-order valence-electron chi connectivity index (χ2n) is 4.31. The second kappa shape index (κ2) is 7.82. The van der Waals surface area contributed by atoms with Crippen LogP contribution in [0.5, 0.6) is 0 Å². The number of thioether (sulfide) groups is 1. The van der Waals surface area contributed by atoms with Crippen LogP contribution in [-0.4, -0.2) is 16.3 Å². The maximum atomic E-state index is 11.3. The molecule has 0 aliphatic rings. The smallest absolute Gasteiger partial charge is 0.294 e. The van der Waals surface area contributed by atoms with Crippen LogP contribution in [0.3, 0.4) is 0 Å². The Balaban J connectivity index is 2.35. The highest BCUT2D eigenvalue weighted by Gasteiger charge is 2.15. The molecule has 0 saturated heterocycles. The summed E-state index contributed by atoms with van der Waals surface area (Å²) in [5.74, 6) is 0. The molecule has 0 heterocycles. The number of rotatable bonds is 4. The molecule has 0 saturated carbocycles. The first-order chi connectivity index (χ1) is 11.1. The van der Waals surface area contributed by atoms with Crippen LogP contribution in [0, 0.1) is 21.6 Å². The Labute approximate surface area is 137 Å². The predicted octanol–water partition coefficient (Wildman–Crippen LogP) is 3.76. The van der Waals surface area contributed by atoms with E-state index in [0.717, 1.165) is 5.69 Å². The third-order valence-electron chi connectivity index (χ3n) is 2.82. The minimum Gasteiger partial charge on any atom is -0.350 e. The third kappa shape index (κ3) is 4.46. The number of nitro benzene ring substituents is 1. The van der Waals surface area contributed by atoms with Gasteiger partial charge in [0.05, 0.1) is 10.6 Å². The Kier molecular flexibility index (Phi) is 5.55. The molecule has 2 N–H and O–H groups in total. The lowest BCUT2D eigenvalue weighted by Gasteiger charge is -2.08. The molecule has 0 bridgehead atoms. The van der Waals surface area contributed by atoms with Gasteiger partial charge in [-0.15, -0.1) is 0 Å². The van der Waals surface area contributed by atoms with Gasteiger partial charge >= 0.3 is 0 Å². The van der Waals surface area contributed by atoms with Crippen LogP contribution >= 0.6 is 11.8 Å². The third-order valence-corrected chi connectivity index (χ3v) is 3.40. The highest BCUT2D eigenvalue weighted by Crippen LogP contribution is 2.31. The summed E-state index contributed by atoms with van der Waals surface area (Å²) in [6.45, 7) is 0. The van der Waals surface area contributed by atoms with E-state index in [9.17, 15) is 10.1 Å². The van der Waals surface area contributed by atoms with Crippen molar-refractivity contribution in [2.75, 3.05) is 11.6 Å². The molecule has 0 aliphatic heterocycles. The standard InChI is InChI=1S/C15H13N5O2S/c1-23-15(17-10-16)19-12-7-8-13(14(9-12)20(21)22)18-11-5-3-2-4-6-11/h2-9,18H,1H3,(H,17,19). The topological polar surface area (TPSA) is 103 Å². The van der Waals surface area contributed by atoms with Gasteiger partial charge in [-0.25, -0.2) is 4.99 Å². The molecule has 0 atom stereocenters. The molecule has 0 unspecified atom stereocenters. The van der Waals surface area contributed by atoms with Crippen LogP contribution in [-0.2, 0) is 0 Å². The Morgan fingerprint density at radius 2 is 2.04 bits per heavy atom. The highest BCUT2D eigenvalue weighted by atomic mass is 32.2. The lowest BCUT2D eigenvalue weighted by atomic mass is 10.2. The summed E-state index contributed by atoms with van der Waals surface area (Å²) in [5, 5.41) is 25.7. The number of hydrogen-bond donors (Lipinski definition) is 2. The summed E-state index contributed by atoms with van der Waals surface area (Å²) in [6, 6.07) is 13.8. The van der Waals surface area contributed by atoms with E-state index in [1.165, 1.54) is 17.8 Å². The van der Waals surface area contributed by atoms with Crippen molar-refractivity contribution >= 4 is 39.7 Å². The quantitative estimate of drug-likeness (QED) is 0.221. The van der Waals surface area contributed by atoms with E-state index >= 15 is 0 Å². The number of nitriles is 1. The maximum absolute atomic E-state index is 11.3. The van der Waals surface area contributed by atoms with Crippen molar-refractivity contribution in [1.82, 2.24) is 5.32 Å². The number of hydrogen-bond acceptors (Lipinski definition) is 6. The summed E-state index contributed by atoms with van der Waals surface area (Å²) in [7, 11) is 0. The number of nitrogens with zero attached hydrogens (tertiary/aromatic N) is 3. The average molecular weight is 327 g/mol. The lowest BCUT2D eigenvalue weighted by molar-refractivity contribution is -0.383. The fraction of sp³-hybridized carbons (Fsp3) is 0.0667. The fourth-order valence-electron chi connectivity index (χ4n) is 1.81. The number of benzene rings is 2. The van der Waals surface area contributed by atoms with Gasteiger partial charge in [-0.05, 0) is 30.5 Å². The zero-order valence-corrected chi connectivity index (χ0v) is 13.0. The number of para-hydroxylation sites is 1. The summed E-state index contributed by atoms with van der Waals surface area (Å²) < 4.78 is 0. The molecule has 23 heavy (non-hydrogen) atoms. The molecule has 7 nitrogen and oxygen atoms in total. The van der Waals surface area contributed by atoms with Crippen LogP contribution in [0.1, 0.15) is 0 Å². The highest BCUT2D eigenvalue weighted by molar-refractivity contribution is 8.13. The molecule has 2 aromatic carbocycles. The summed E-state index contributed by atoms with van der Waals surface area (Å²) in [6.07, 6.45) is 3.53. The molecule has 2 rings (SSSR count). The van der Waals surface area contributed by atoms with E-state index in [1.54, 1.807) is 24.6 Å². The Hall–Kier alpha value is -3.05. The summed E-state index contributed by atoms with van der Waals surface area (Å²) >= 11 is 1.24. The minimum atomic E-state index is -0.471. The minimum absolute atomic E-state index is 0.0903. The number of nitrogens with one attached hydrogen (secondary N) is 2. The predicted molar refractivity (Wildman–Crippen MR) is 92.2 cm³/mol. The van der Waals surface area contributed by atoms with Crippen LogP contribution in [0.4, 0.5) is 22.7 Å². The first-order valence-corrected chi connectivity index (χ1v) is 7.75. The van der Waals surface area contributed by atoms with E-state index in [1.807, 2.05) is 30.3 Å². The Morgan fingerprint density at radius 3 is 2.65 bits per heavy atom. The van der Waals surface area contributed by atoms with Crippen LogP contribution in [0.15, 0.2) is 53.5 Å². The second-order valence-corrected chi connectivity index (χ2v) is 5.10. The van der Waals surface area contributed by atoms with Crippen molar-refractivity contribution in [2.24, 2.45) is 4.99 Å². The van der Waals surface area contributed by atoms with Gasteiger partial charge in [0.2, 0.25) is 0 Å². The molecular formula is C15H13N5O2S. The van der Waals surface area contributed by atoms with Gasteiger partial charge in [-0.1, -0.05) is 30.0 Å². The Morgan fingerprint density at radius 1 is 1.30 bits per heavy atom. The normalized spacial score (nSPS) is 10.7. The van der Waals surface area contributed by atoms with Gasteiger partial charge in [0.25, 0.3) is 5.69 Å². The van der Waals surface area contributed by atoms with Crippen LogP contribution < -0.4 is 10.6 Å². The van der Waals surface area contributed by atoms with E-state index < -0.39 is 4.92 Å². The molecule has 0 aromatic heterocycles. The number of nitro groups is 1. The van der Waals surface area contributed by atoms with Gasteiger partial charge in [-0.2, -0.15) is 5.26 Å². The largest absolute Gasteiger partial charge is 0.350 e. The lowest BCUT2D eigenvalue weighted by Crippen LogP contribution is -2.12. The van der Waals surface area contributed by atoms with Gasteiger partial charge in [0.15, 0.2) is 11.4 Å². The van der Waals surface area contributed by atoms with Gasteiger partial charge in [0.1, 0.15) is 5.69 Å². The van der Waals surface area contributed by atoms with Crippen LogP contribution in [0.2, 0.25) is 0 Å². The van der Waals surface area contributed by atoms with Crippen molar-refractivity contribution in [3.05, 3.63) is 58.6 Å². The maximum Gasteiger partial charge on any atom is 0.294 e. The fourth-order valence-corrected chi connectivity index (χ4v) is 2.16. The number of amidine groups is 1. The number of aliphatic imine (C=N–C) groups is 1. The van der Waals surface area contributed by atoms with Gasteiger partial charge in [-0.3, -0.25) is 15.4 Å². The molecular weight excluding hydrogens is 314 g/mol. The average Bonchev–Trinajstić information content (AvgIpc) is 2.56. The SMILES string of the molecule is CSC(=Nc1ccc(Nc2ccccc2)c([N+](=O)[O-])c1)NC#N. The first-order valence-electron chi connectivity index (χ1n) is 6.52. The van der Waals surface area contributed by atoms with E-state index in [2.05, 4.69) is 15.6 Å². The zero-order chi connectivity index (χ0) is 16.7. The summed E-state index contributed by atoms with van der Waals surface area (Å²) in [4.78, 5) is 15.0. The number of anilines is 2. The van der Waals surface area contributed by atoms with E-state index in [0.29, 0.717) is 16.5 Å². The molecule has 0 amide bonds. The van der Waals surface area contributed by atoms with Gasteiger partial charge < -0.3 is 5.32 Å². The molecule has 116 valence electrons. The van der Waals surface area contributed by atoms with Crippen molar-refractivity contribution in [3.8, 4) is 6.19 Å². The zero-order valence-electron chi connectivity index (χ0n) is 12.2. The van der Waals surface area contributed by atoms with E-state index in [-0.39, 0.29) is 5.69 Å². The summed E-state index contributed by atoms with van der Waals surface area (Å²) in [5.41, 5.74) is 1.43. The molecule has 2 aromatic rings. The molecule has 8 heteroatoms. The molecule has 0 spiro atoms. The van der Waals surface area contributed by atoms with Crippen molar-refractivity contribution in [1.29, 1.82) is 5.26 Å². The van der Waals surface area contributed by atoms with Crippen LogP contribution in [0.25, 0.3) is 0 Å². The van der Waals surface area contributed by atoms with Crippen molar-refractivity contribution in [2.45, 2.75) is 0 Å². The van der Waals surface area contributed by atoms with E-state index in [4.69, 9.17) is 5.26 Å². The monoisotopic (exact) mass is 327 g/mol. The Bertz CT molecular complexity index is 771. The van der Waals surface area contributed by atoms with Gasteiger partial charge in [0, 0.05) is 11.8 Å². The first kappa shape index (κ1) is 16.3. The van der Waals surface area contributed by atoms with Crippen molar-refractivity contribution < 1.29 is 4.92 Å². The molecule has 0 radical (unpaired) electrons.